The molecule has 1 aliphatic carbocycles. The lowest BCUT2D eigenvalue weighted by atomic mass is 9.66. The summed E-state index contributed by atoms with van der Waals surface area (Å²) in [5.41, 5.74) is 1.45. The van der Waals surface area contributed by atoms with E-state index >= 15 is 0 Å². The molecular formula is C17H25NOS. The quantitative estimate of drug-likeness (QED) is 0.803. The second kappa shape index (κ2) is 5.72. The number of benzene rings is 1. The van der Waals surface area contributed by atoms with Gasteiger partial charge in [0.2, 0.25) is 0 Å². The number of hydrogen-bond acceptors (Lipinski definition) is 2. The smallest absolute Gasteiger partial charge is 0.261 e. The van der Waals surface area contributed by atoms with Crippen molar-refractivity contribution < 1.29 is 4.74 Å². The van der Waals surface area contributed by atoms with Gasteiger partial charge in [0.15, 0.2) is 0 Å². The molecule has 2 atom stereocenters. The molecule has 110 valence electrons. The summed E-state index contributed by atoms with van der Waals surface area (Å²) >= 11 is 5.29. The summed E-state index contributed by atoms with van der Waals surface area (Å²) in [5, 5.41) is 3.60. The molecule has 2 rings (SSSR count). The summed E-state index contributed by atoms with van der Waals surface area (Å²) < 4.78 is 5.84. The lowest BCUT2D eigenvalue weighted by Crippen LogP contribution is -2.38. The van der Waals surface area contributed by atoms with Crippen LogP contribution in [0.1, 0.15) is 40.5 Å². The molecule has 0 aliphatic heterocycles. The van der Waals surface area contributed by atoms with Crippen molar-refractivity contribution in [2.24, 2.45) is 16.7 Å². The van der Waals surface area contributed by atoms with Gasteiger partial charge in [0, 0.05) is 11.1 Å². The zero-order chi connectivity index (χ0) is 14.8. The first-order chi connectivity index (χ1) is 9.35. The summed E-state index contributed by atoms with van der Waals surface area (Å²) in [6.45, 7) is 10.0. The Morgan fingerprint density at radius 2 is 1.95 bits per heavy atom. The van der Waals surface area contributed by atoms with E-state index in [1.165, 1.54) is 12.8 Å². The SMILES string of the molecule is C[C@@H]1CC[C@](C)(COC(=S)Nc2ccccc2)C1(C)C. The van der Waals surface area contributed by atoms with Crippen LogP contribution in [0.25, 0.3) is 0 Å². The van der Waals surface area contributed by atoms with Crippen LogP contribution in [0.2, 0.25) is 0 Å². The highest BCUT2D eigenvalue weighted by molar-refractivity contribution is 7.80. The number of rotatable bonds is 3. The van der Waals surface area contributed by atoms with Crippen LogP contribution in [-0.2, 0) is 4.74 Å². The number of thiocarbonyl (C=S) groups is 1. The predicted molar refractivity (Wildman–Crippen MR) is 88.9 cm³/mol. The molecule has 0 bridgehead atoms. The van der Waals surface area contributed by atoms with Gasteiger partial charge in [-0.25, -0.2) is 0 Å². The van der Waals surface area contributed by atoms with E-state index in [1.807, 2.05) is 30.3 Å². The first-order valence-electron chi connectivity index (χ1n) is 7.34. The van der Waals surface area contributed by atoms with Crippen molar-refractivity contribution in [3.05, 3.63) is 30.3 Å². The lowest BCUT2D eigenvalue weighted by molar-refractivity contribution is 0.0370. The first kappa shape index (κ1) is 15.3. The monoisotopic (exact) mass is 291 g/mol. The van der Waals surface area contributed by atoms with Crippen molar-refractivity contribution in [3.8, 4) is 0 Å². The number of nitrogens with one attached hydrogen (secondary N) is 1. The van der Waals surface area contributed by atoms with E-state index in [0.29, 0.717) is 11.8 Å². The van der Waals surface area contributed by atoms with Gasteiger partial charge in [-0.15, -0.1) is 0 Å². The van der Waals surface area contributed by atoms with Crippen molar-refractivity contribution in [1.82, 2.24) is 0 Å². The minimum absolute atomic E-state index is 0.189. The van der Waals surface area contributed by atoms with Gasteiger partial charge in [0.05, 0.1) is 6.61 Å². The molecule has 0 amide bonds. The fourth-order valence-electron chi connectivity index (χ4n) is 2.97. The highest BCUT2D eigenvalue weighted by Crippen LogP contribution is 2.55. The van der Waals surface area contributed by atoms with E-state index in [9.17, 15) is 0 Å². The Kier molecular flexibility index (Phi) is 4.38. The summed E-state index contributed by atoms with van der Waals surface area (Å²) in [6.07, 6.45) is 2.47. The summed E-state index contributed by atoms with van der Waals surface area (Å²) in [6, 6.07) is 9.92. The Balaban J connectivity index is 1.91. The average molecular weight is 291 g/mol. The van der Waals surface area contributed by atoms with E-state index in [0.717, 1.165) is 11.6 Å². The van der Waals surface area contributed by atoms with Gasteiger partial charge in [-0.1, -0.05) is 45.9 Å². The van der Waals surface area contributed by atoms with Crippen LogP contribution in [0.3, 0.4) is 0 Å². The maximum atomic E-state index is 5.84. The Labute approximate surface area is 127 Å². The van der Waals surface area contributed by atoms with Crippen LogP contribution < -0.4 is 5.32 Å². The van der Waals surface area contributed by atoms with Crippen molar-refractivity contribution >= 4 is 23.1 Å². The highest BCUT2D eigenvalue weighted by atomic mass is 32.1. The largest absolute Gasteiger partial charge is 0.470 e. The zero-order valence-corrected chi connectivity index (χ0v) is 13.7. The molecule has 1 aromatic carbocycles. The third kappa shape index (κ3) is 2.98. The molecule has 0 unspecified atom stereocenters. The van der Waals surface area contributed by atoms with E-state index in [-0.39, 0.29) is 10.8 Å². The number of ether oxygens (including phenoxy) is 1. The fraction of sp³-hybridized carbons (Fsp3) is 0.588. The molecule has 1 fully saturated rings. The summed E-state index contributed by atoms with van der Waals surface area (Å²) in [4.78, 5) is 0. The van der Waals surface area contributed by atoms with Crippen LogP contribution in [0.4, 0.5) is 5.69 Å². The molecule has 0 saturated heterocycles. The van der Waals surface area contributed by atoms with Gasteiger partial charge >= 0.3 is 0 Å². The molecule has 0 spiro atoms. The van der Waals surface area contributed by atoms with Gasteiger partial charge in [-0.3, -0.25) is 0 Å². The first-order valence-corrected chi connectivity index (χ1v) is 7.75. The van der Waals surface area contributed by atoms with Crippen LogP contribution in [0, 0.1) is 16.7 Å². The molecule has 1 aliphatic rings. The van der Waals surface area contributed by atoms with Gasteiger partial charge in [0.25, 0.3) is 5.17 Å². The zero-order valence-electron chi connectivity index (χ0n) is 12.9. The second-order valence-corrected chi connectivity index (χ2v) is 7.16. The Morgan fingerprint density at radius 1 is 1.30 bits per heavy atom. The maximum absolute atomic E-state index is 5.84. The van der Waals surface area contributed by atoms with Crippen LogP contribution in [0.5, 0.6) is 0 Å². The third-order valence-corrected chi connectivity index (χ3v) is 5.68. The van der Waals surface area contributed by atoms with Gasteiger partial charge in [-0.2, -0.15) is 0 Å². The standard InChI is InChI=1S/C17H25NOS/c1-13-10-11-17(4,16(13,2)3)12-19-15(20)18-14-8-6-5-7-9-14/h5-9,13H,10-12H2,1-4H3,(H,18,20)/t13-,17-/m1/s1. The lowest BCUT2D eigenvalue weighted by Gasteiger charge is -2.40. The van der Waals surface area contributed by atoms with E-state index in [1.54, 1.807) is 0 Å². The maximum Gasteiger partial charge on any atom is 0.261 e. The Morgan fingerprint density at radius 3 is 2.50 bits per heavy atom. The van der Waals surface area contributed by atoms with Crippen LogP contribution in [-0.4, -0.2) is 11.8 Å². The van der Waals surface area contributed by atoms with Crippen LogP contribution in [0.15, 0.2) is 30.3 Å². The van der Waals surface area contributed by atoms with Crippen molar-refractivity contribution in [1.29, 1.82) is 0 Å². The normalized spacial score (nSPS) is 28.1. The van der Waals surface area contributed by atoms with E-state index in [4.69, 9.17) is 17.0 Å². The molecule has 20 heavy (non-hydrogen) atoms. The minimum Gasteiger partial charge on any atom is -0.470 e. The van der Waals surface area contributed by atoms with Gasteiger partial charge < -0.3 is 10.1 Å². The van der Waals surface area contributed by atoms with Crippen molar-refractivity contribution in [2.75, 3.05) is 11.9 Å². The van der Waals surface area contributed by atoms with E-state index in [2.05, 4.69) is 33.0 Å². The molecule has 0 radical (unpaired) electrons. The van der Waals surface area contributed by atoms with Gasteiger partial charge in [0.1, 0.15) is 0 Å². The van der Waals surface area contributed by atoms with Crippen molar-refractivity contribution in [3.63, 3.8) is 0 Å². The van der Waals surface area contributed by atoms with E-state index < -0.39 is 0 Å². The molecule has 3 heteroatoms. The molecular weight excluding hydrogens is 266 g/mol. The highest BCUT2D eigenvalue weighted by Gasteiger charge is 2.50. The number of anilines is 1. The summed E-state index contributed by atoms with van der Waals surface area (Å²) in [7, 11) is 0. The molecule has 1 saturated carbocycles. The molecule has 0 aromatic heterocycles. The third-order valence-electron chi connectivity index (χ3n) is 5.46. The Bertz CT molecular complexity index is 471. The van der Waals surface area contributed by atoms with Crippen LogP contribution >= 0.6 is 12.2 Å². The van der Waals surface area contributed by atoms with Gasteiger partial charge in [-0.05, 0) is 48.5 Å². The second-order valence-electron chi connectivity index (χ2n) is 6.79. The molecule has 2 nitrogen and oxygen atoms in total. The summed E-state index contributed by atoms with van der Waals surface area (Å²) in [5.74, 6) is 0.728. The topological polar surface area (TPSA) is 21.3 Å². The minimum atomic E-state index is 0.189. The molecule has 0 heterocycles. The predicted octanol–water partition coefficient (Wildman–Crippen LogP) is 4.86. The fourth-order valence-corrected chi connectivity index (χ4v) is 3.15. The average Bonchev–Trinajstić information content (AvgIpc) is 2.62. The van der Waals surface area contributed by atoms with Crippen molar-refractivity contribution in [2.45, 2.75) is 40.5 Å². The molecule has 1 N–H and O–H groups in total. The number of hydrogen-bond donors (Lipinski definition) is 1. The Hall–Kier alpha value is -1.09. The molecule has 1 aromatic rings. The number of para-hydroxylation sites is 1.